The number of aromatic nitrogens is 1. The van der Waals surface area contributed by atoms with Crippen LogP contribution in [0.4, 0.5) is 0 Å². The summed E-state index contributed by atoms with van der Waals surface area (Å²) in [6.45, 7) is 9.44. The number of hydrogen-bond donors (Lipinski definition) is 1. The van der Waals surface area contributed by atoms with Crippen LogP contribution >= 0.6 is 0 Å². The molecule has 0 aliphatic heterocycles. The lowest BCUT2D eigenvalue weighted by atomic mass is 9.86. The summed E-state index contributed by atoms with van der Waals surface area (Å²) in [7, 11) is 1.63. The molecule has 0 spiro atoms. The summed E-state index contributed by atoms with van der Waals surface area (Å²) in [5.74, 6) is 0.835. The van der Waals surface area contributed by atoms with Crippen LogP contribution in [-0.2, 0) is 18.4 Å². The average molecular weight is 464 g/mol. The van der Waals surface area contributed by atoms with Crippen LogP contribution in [0.25, 0.3) is 0 Å². The quantitative estimate of drug-likeness (QED) is 0.501. The van der Waals surface area contributed by atoms with Crippen molar-refractivity contribution >= 4 is 11.8 Å². The molecule has 180 valence electrons. The third kappa shape index (κ3) is 6.47. The summed E-state index contributed by atoms with van der Waals surface area (Å²) in [6.07, 6.45) is 0.660. The third-order valence-electron chi connectivity index (χ3n) is 5.59. The number of rotatable bonds is 9. The van der Waals surface area contributed by atoms with Gasteiger partial charge in [-0.3, -0.25) is 9.59 Å². The van der Waals surface area contributed by atoms with Crippen molar-refractivity contribution in [1.82, 2.24) is 15.4 Å². The number of methoxy groups -OCH3 is 1. The normalized spacial score (nSPS) is 11.2. The second kappa shape index (κ2) is 11.0. The molecular weight excluding hydrogens is 430 g/mol. The number of carbonyl (C=O) groups excluding carboxylic acids is 2. The average Bonchev–Trinajstić information content (AvgIpc) is 3.30. The Labute approximate surface area is 201 Å². The second-order valence-electron chi connectivity index (χ2n) is 9.19. The van der Waals surface area contributed by atoms with Crippen LogP contribution in [0.2, 0.25) is 0 Å². The van der Waals surface area contributed by atoms with Gasteiger partial charge < -0.3 is 19.5 Å². The SMILES string of the molecule is CCNC(=O)c1cc(CN(CCc2ccc(OC)cc2)C(=O)c2ccc(C(C)(C)C)cc2)on1. The summed E-state index contributed by atoms with van der Waals surface area (Å²) in [5, 5.41) is 6.56. The van der Waals surface area contributed by atoms with Crippen LogP contribution in [-0.4, -0.2) is 42.1 Å². The van der Waals surface area contributed by atoms with Gasteiger partial charge in [-0.2, -0.15) is 0 Å². The van der Waals surface area contributed by atoms with Crippen molar-refractivity contribution in [2.24, 2.45) is 0 Å². The van der Waals surface area contributed by atoms with E-state index >= 15 is 0 Å². The topological polar surface area (TPSA) is 84.7 Å². The predicted molar refractivity (Wildman–Crippen MR) is 131 cm³/mol. The van der Waals surface area contributed by atoms with E-state index < -0.39 is 0 Å². The Kier molecular flexibility index (Phi) is 8.10. The molecule has 0 saturated carbocycles. The van der Waals surface area contributed by atoms with Crippen LogP contribution in [0.15, 0.2) is 59.1 Å². The monoisotopic (exact) mass is 463 g/mol. The van der Waals surface area contributed by atoms with E-state index in [2.05, 4.69) is 31.2 Å². The van der Waals surface area contributed by atoms with E-state index in [1.54, 1.807) is 18.1 Å². The molecule has 0 bridgehead atoms. The molecule has 0 saturated heterocycles. The molecule has 0 aliphatic carbocycles. The largest absolute Gasteiger partial charge is 0.497 e. The van der Waals surface area contributed by atoms with Crippen molar-refractivity contribution < 1.29 is 18.8 Å². The van der Waals surface area contributed by atoms with E-state index in [1.807, 2.05) is 55.5 Å². The van der Waals surface area contributed by atoms with Gasteiger partial charge in [0.1, 0.15) is 5.75 Å². The first kappa shape index (κ1) is 25.0. The zero-order valence-corrected chi connectivity index (χ0v) is 20.6. The first-order valence-corrected chi connectivity index (χ1v) is 11.5. The molecule has 0 fully saturated rings. The van der Waals surface area contributed by atoms with Crippen molar-refractivity contribution in [3.05, 3.63) is 82.7 Å². The minimum absolute atomic E-state index is 0.00489. The number of amides is 2. The molecule has 1 aromatic heterocycles. The Morgan fingerprint density at radius 1 is 1.06 bits per heavy atom. The molecule has 1 N–H and O–H groups in total. The Hall–Kier alpha value is -3.61. The van der Waals surface area contributed by atoms with E-state index in [-0.39, 0.29) is 29.5 Å². The molecule has 34 heavy (non-hydrogen) atoms. The molecule has 2 amide bonds. The van der Waals surface area contributed by atoms with Crippen molar-refractivity contribution in [1.29, 1.82) is 0 Å². The molecule has 1 heterocycles. The van der Waals surface area contributed by atoms with Crippen molar-refractivity contribution in [3.8, 4) is 5.75 Å². The van der Waals surface area contributed by atoms with E-state index in [0.717, 1.165) is 16.9 Å². The van der Waals surface area contributed by atoms with Crippen LogP contribution < -0.4 is 10.1 Å². The van der Waals surface area contributed by atoms with Gasteiger partial charge in [-0.15, -0.1) is 0 Å². The number of hydrogen-bond acceptors (Lipinski definition) is 5. The number of ether oxygens (including phenoxy) is 1. The van der Waals surface area contributed by atoms with Gasteiger partial charge >= 0.3 is 0 Å². The van der Waals surface area contributed by atoms with Gasteiger partial charge in [-0.05, 0) is 54.2 Å². The van der Waals surface area contributed by atoms with Crippen molar-refractivity contribution in [2.75, 3.05) is 20.2 Å². The van der Waals surface area contributed by atoms with Gasteiger partial charge in [-0.25, -0.2) is 0 Å². The van der Waals surface area contributed by atoms with Gasteiger partial charge in [0, 0.05) is 24.7 Å². The number of nitrogens with zero attached hydrogens (tertiary/aromatic N) is 2. The highest BCUT2D eigenvalue weighted by Gasteiger charge is 2.21. The summed E-state index contributed by atoms with van der Waals surface area (Å²) >= 11 is 0. The summed E-state index contributed by atoms with van der Waals surface area (Å²) in [6, 6.07) is 17.1. The van der Waals surface area contributed by atoms with E-state index in [1.165, 1.54) is 0 Å². The van der Waals surface area contributed by atoms with Crippen molar-refractivity contribution in [3.63, 3.8) is 0 Å². The molecule has 0 unspecified atom stereocenters. The fourth-order valence-corrected chi connectivity index (χ4v) is 3.54. The zero-order valence-electron chi connectivity index (χ0n) is 20.6. The maximum atomic E-state index is 13.4. The molecule has 0 atom stereocenters. The third-order valence-corrected chi connectivity index (χ3v) is 5.59. The van der Waals surface area contributed by atoms with Crippen LogP contribution in [0.3, 0.4) is 0 Å². The second-order valence-corrected chi connectivity index (χ2v) is 9.19. The van der Waals surface area contributed by atoms with Crippen LogP contribution in [0.5, 0.6) is 5.75 Å². The minimum atomic E-state index is -0.300. The van der Waals surface area contributed by atoms with Crippen molar-refractivity contribution in [2.45, 2.75) is 46.1 Å². The molecular formula is C27H33N3O4. The lowest BCUT2D eigenvalue weighted by molar-refractivity contribution is 0.0729. The summed E-state index contributed by atoms with van der Waals surface area (Å²) < 4.78 is 10.6. The van der Waals surface area contributed by atoms with E-state index in [9.17, 15) is 9.59 Å². The predicted octanol–water partition coefficient (Wildman–Crippen LogP) is 4.62. The fraction of sp³-hybridized carbons (Fsp3) is 0.370. The Balaban J connectivity index is 1.80. The van der Waals surface area contributed by atoms with Gasteiger partial charge in [0.25, 0.3) is 11.8 Å². The lowest BCUT2D eigenvalue weighted by Gasteiger charge is -2.23. The maximum Gasteiger partial charge on any atom is 0.273 e. The molecule has 3 aromatic rings. The molecule has 0 radical (unpaired) electrons. The zero-order chi connectivity index (χ0) is 24.7. The van der Waals surface area contributed by atoms with Gasteiger partial charge in [0.2, 0.25) is 0 Å². The first-order chi connectivity index (χ1) is 16.2. The van der Waals surface area contributed by atoms with Gasteiger partial charge in [-0.1, -0.05) is 50.2 Å². The molecule has 3 rings (SSSR count). The first-order valence-electron chi connectivity index (χ1n) is 11.5. The highest BCUT2D eigenvalue weighted by Crippen LogP contribution is 2.23. The number of nitrogens with one attached hydrogen (secondary N) is 1. The van der Waals surface area contributed by atoms with Crippen LogP contribution in [0.1, 0.15) is 65.4 Å². The van der Waals surface area contributed by atoms with E-state index in [4.69, 9.17) is 9.26 Å². The number of benzene rings is 2. The summed E-state index contributed by atoms with van der Waals surface area (Å²) in [5.41, 5.74) is 3.06. The Bertz CT molecular complexity index is 1100. The lowest BCUT2D eigenvalue weighted by Crippen LogP contribution is -2.32. The maximum absolute atomic E-state index is 13.4. The highest BCUT2D eigenvalue weighted by molar-refractivity contribution is 5.94. The Morgan fingerprint density at radius 2 is 1.74 bits per heavy atom. The van der Waals surface area contributed by atoms with Gasteiger partial charge in [0.05, 0.1) is 13.7 Å². The van der Waals surface area contributed by atoms with Crippen LogP contribution in [0, 0.1) is 0 Å². The number of carbonyl (C=O) groups is 2. The molecule has 7 heteroatoms. The molecule has 2 aromatic carbocycles. The fourth-order valence-electron chi connectivity index (χ4n) is 3.54. The molecule has 0 aliphatic rings. The Morgan fingerprint density at radius 3 is 2.32 bits per heavy atom. The summed E-state index contributed by atoms with van der Waals surface area (Å²) in [4.78, 5) is 27.2. The standard InChI is InChI=1S/C27H33N3O4/c1-6-28-25(31)24-17-23(34-29-24)18-30(16-15-19-7-13-22(33-5)14-8-19)26(32)20-9-11-21(12-10-20)27(2,3)4/h7-14,17H,6,15-16,18H2,1-5H3,(H,28,31). The van der Waals surface area contributed by atoms with Gasteiger partial charge in [0.15, 0.2) is 11.5 Å². The highest BCUT2D eigenvalue weighted by atomic mass is 16.5. The molecule has 7 nitrogen and oxygen atoms in total. The smallest absolute Gasteiger partial charge is 0.273 e. The van der Waals surface area contributed by atoms with E-state index in [0.29, 0.717) is 30.8 Å². The minimum Gasteiger partial charge on any atom is -0.497 e.